The first-order chi connectivity index (χ1) is 7.68. The molecular weight excluding hydrogens is 202 g/mol. The molecule has 1 aliphatic rings. The van der Waals surface area contributed by atoms with Crippen molar-refractivity contribution in [3.63, 3.8) is 0 Å². The van der Waals surface area contributed by atoms with Crippen LogP contribution in [0, 0.1) is 0 Å². The van der Waals surface area contributed by atoms with Crippen molar-refractivity contribution < 1.29 is 9.90 Å². The Morgan fingerprint density at radius 1 is 1.50 bits per heavy atom. The number of aliphatic carboxylic acids is 1. The van der Waals surface area contributed by atoms with E-state index in [1.807, 2.05) is 6.07 Å². The molecule has 1 aliphatic heterocycles. The van der Waals surface area contributed by atoms with E-state index in [-0.39, 0.29) is 12.5 Å². The van der Waals surface area contributed by atoms with Crippen molar-refractivity contribution in [1.29, 1.82) is 0 Å². The summed E-state index contributed by atoms with van der Waals surface area (Å²) in [5.74, 6) is -0.712. The van der Waals surface area contributed by atoms with Gasteiger partial charge in [-0.25, -0.2) is 0 Å². The molecule has 0 fully saturated rings. The first-order valence-corrected chi connectivity index (χ1v) is 5.68. The van der Waals surface area contributed by atoms with Crippen molar-refractivity contribution in [3.8, 4) is 0 Å². The summed E-state index contributed by atoms with van der Waals surface area (Å²) in [5, 5.41) is 8.76. The van der Waals surface area contributed by atoms with Gasteiger partial charge in [-0.05, 0) is 31.0 Å². The molecule has 3 nitrogen and oxygen atoms in total. The van der Waals surface area contributed by atoms with Gasteiger partial charge in [-0.15, -0.1) is 0 Å². The van der Waals surface area contributed by atoms with Crippen LogP contribution < -0.4 is 0 Å². The van der Waals surface area contributed by atoms with Crippen LogP contribution in [-0.2, 0) is 11.2 Å². The van der Waals surface area contributed by atoms with Crippen molar-refractivity contribution in [2.24, 2.45) is 0 Å². The number of hydrogen-bond acceptors (Lipinski definition) is 2. The van der Waals surface area contributed by atoms with Gasteiger partial charge in [0.2, 0.25) is 0 Å². The molecule has 3 heteroatoms. The molecule has 16 heavy (non-hydrogen) atoms. The Labute approximate surface area is 95.7 Å². The van der Waals surface area contributed by atoms with E-state index < -0.39 is 5.97 Å². The highest BCUT2D eigenvalue weighted by Crippen LogP contribution is 2.31. The molecule has 1 aromatic rings. The van der Waals surface area contributed by atoms with Crippen LogP contribution in [0.5, 0.6) is 0 Å². The lowest BCUT2D eigenvalue weighted by Crippen LogP contribution is -2.32. The summed E-state index contributed by atoms with van der Waals surface area (Å²) in [5.41, 5.74) is 2.67. The lowest BCUT2D eigenvalue weighted by molar-refractivity contribution is -0.137. The lowest BCUT2D eigenvalue weighted by atomic mass is 9.90. The Morgan fingerprint density at radius 2 is 2.25 bits per heavy atom. The van der Waals surface area contributed by atoms with Gasteiger partial charge in [0, 0.05) is 19.0 Å². The number of rotatable bonds is 3. The summed E-state index contributed by atoms with van der Waals surface area (Å²) >= 11 is 0. The van der Waals surface area contributed by atoms with Crippen molar-refractivity contribution in [2.45, 2.75) is 25.3 Å². The van der Waals surface area contributed by atoms with Gasteiger partial charge in [-0.1, -0.05) is 24.3 Å². The number of carboxylic acid groups (broad SMARTS) is 1. The minimum absolute atomic E-state index is 0.239. The van der Waals surface area contributed by atoms with Gasteiger partial charge in [0.15, 0.2) is 0 Å². The van der Waals surface area contributed by atoms with Crippen LogP contribution in [0.15, 0.2) is 24.3 Å². The first-order valence-electron chi connectivity index (χ1n) is 5.68. The third-order valence-corrected chi connectivity index (χ3v) is 3.31. The summed E-state index contributed by atoms with van der Waals surface area (Å²) in [6.07, 6.45) is 2.00. The second kappa shape index (κ2) is 4.66. The fraction of sp³-hybridized carbons (Fsp3) is 0.462. The van der Waals surface area contributed by atoms with Crippen LogP contribution in [0.1, 0.15) is 30.0 Å². The number of hydrogen-bond donors (Lipinski definition) is 1. The standard InChI is InChI=1S/C13H17NO2/c1-14-9-8-10-4-2-3-5-11(10)12(14)6-7-13(15)16/h2-5,12H,6-9H2,1H3,(H,15,16). The van der Waals surface area contributed by atoms with Crippen molar-refractivity contribution >= 4 is 5.97 Å². The zero-order chi connectivity index (χ0) is 11.5. The molecule has 0 saturated heterocycles. The number of likely N-dealkylation sites (N-methyl/N-ethyl adjacent to an activating group) is 1. The summed E-state index contributed by atoms with van der Waals surface area (Å²) in [4.78, 5) is 12.9. The Balaban J connectivity index is 2.19. The average molecular weight is 219 g/mol. The van der Waals surface area contributed by atoms with E-state index in [4.69, 9.17) is 5.11 Å². The number of fused-ring (bicyclic) bond motifs is 1. The Hall–Kier alpha value is -1.35. The topological polar surface area (TPSA) is 40.5 Å². The molecule has 86 valence electrons. The summed E-state index contributed by atoms with van der Waals surface area (Å²) < 4.78 is 0. The van der Waals surface area contributed by atoms with Crippen LogP contribution in [0.4, 0.5) is 0 Å². The van der Waals surface area contributed by atoms with Gasteiger partial charge < -0.3 is 5.11 Å². The van der Waals surface area contributed by atoms with E-state index in [0.717, 1.165) is 13.0 Å². The van der Waals surface area contributed by atoms with E-state index in [1.165, 1.54) is 11.1 Å². The largest absolute Gasteiger partial charge is 0.481 e. The third-order valence-electron chi connectivity index (χ3n) is 3.31. The molecular formula is C13H17NO2. The van der Waals surface area contributed by atoms with Crippen LogP contribution in [0.25, 0.3) is 0 Å². The molecule has 0 aromatic heterocycles. The van der Waals surface area contributed by atoms with Crippen LogP contribution in [-0.4, -0.2) is 29.6 Å². The predicted octanol–water partition coefficient (Wildman–Crippen LogP) is 2.08. The van der Waals surface area contributed by atoms with Gasteiger partial charge >= 0.3 is 5.97 Å². The number of benzene rings is 1. The molecule has 0 radical (unpaired) electrons. The Bertz CT molecular complexity index is 389. The van der Waals surface area contributed by atoms with Gasteiger partial charge in [0.25, 0.3) is 0 Å². The van der Waals surface area contributed by atoms with Crippen molar-refractivity contribution in [1.82, 2.24) is 4.90 Å². The Morgan fingerprint density at radius 3 is 3.00 bits per heavy atom. The molecule has 1 heterocycles. The van der Waals surface area contributed by atoms with E-state index in [0.29, 0.717) is 6.42 Å². The zero-order valence-corrected chi connectivity index (χ0v) is 9.52. The fourth-order valence-electron chi connectivity index (χ4n) is 2.41. The summed E-state index contributed by atoms with van der Waals surface area (Å²) in [7, 11) is 2.07. The van der Waals surface area contributed by atoms with Gasteiger partial charge in [0.1, 0.15) is 0 Å². The zero-order valence-electron chi connectivity index (χ0n) is 9.52. The fourth-order valence-corrected chi connectivity index (χ4v) is 2.41. The summed E-state index contributed by atoms with van der Waals surface area (Å²) in [6, 6.07) is 8.62. The quantitative estimate of drug-likeness (QED) is 0.846. The van der Waals surface area contributed by atoms with Gasteiger partial charge in [-0.2, -0.15) is 0 Å². The van der Waals surface area contributed by atoms with Crippen molar-refractivity contribution in [2.75, 3.05) is 13.6 Å². The molecule has 0 amide bonds. The molecule has 2 rings (SSSR count). The van der Waals surface area contributed by atoms with E-state index in [1.54, 1.807) is 0 Å². The van der Waals surface area contributed by atoms with Crippen molar-refractivity contribution in [3.05, 3.63) is 35.4 Å². The minimum atomic E-state index is -0.712. The number of carbonyl (C=O) groups is 1. The van der Waals surface area contributed by atoms with Crippen LogP contribution >= 0.6 is 0 Å². The summed E-state index contributed by atoms with van der Waals surface area (Å²) in [6.45, 7) is 1.02. The average Bonchev–Trinajstić information content (AvgIpc) is 2.27. The third kappa shape index (κ3) is 2.25. The molecule has 0 saturated carbocycles. The van der Waals surface area contributed by atoms with Gasteiger partial charge in [-0.3, -0.25) is 9.69 Å². The molecule has 1 unspecified atom stereocenters. The van der Waals surface area contributed by atoms with Crippen LogP contribution in [0.3, 0.4) is 0 Å². The second-order valence-corrected chi connectivity index (χ2v) is 4.38. The highest BCUT2D eigenvalue weighted by atomic mass is 16.4. The van der Waals surface area contributed by atoms with Gasteiger partial charge in [0.05, 0.1) is 0 Å². The molecule has 1 aromatic carbocycles. The smallest absolute Gasteiger partial charge is 0.303 e. The minimum Gasteiger partial charge on any atom is -0.481 e. The highest BCUT2D eigenvalue weighted by molar-refractivity contribution is 5.66. The highest BCUT2D eigenvalue weighted by Gasteiger charge is 2.24. The first kappa shape index (κ1) is 11.1. The Kier molecular flexibility index (Phi) is 3.25. The van der Waals surface area contributed by atoms with Crippen LogP contribution in [0.2, 0.25) is 0 Å². The molecule has 1 N–H and O–H groups in total. The number of nitrogens with zero attached hydrogens (tertiary/aromatic N) is 1. The maximum Gasteiger partial charge on any atom is 0.303 e. The van der Waals surface area contributed by atoms with E-state index in [2.05, 4.69) is 30.1 Å². The maximum atomic E-state index is 10.6. The molecule has 0 aliphatic carbocycles. The van der Waals surface area contributed by atoms with E-state index in [9.17, 15) is 4.79 Å². The lowest BCUT2D eigenvalue weighted by Gasteiger charge is -2.34. The second-order valence-electron chi connectivity index (χ2n) is 4.38. The SMILES string of the molecule is CN1CCc2ccccc2C1CCC(=O)O. The van der Waals surface area contributed by atoms with E-state index >= 15 is 0 Å². The number of carboxylic acids is 1. The maximum absolute atomic E-state index is 10.6. The predicted molar refractivity (Wildman–Crippen MR) is 62.4 cm³/mol. The monoisotopic (exact) mass is 219 g/mol. The molecule has 1 atom stereocenters. The molecule has 0 bridgehead atoms. The molecule has 0 spiro atoms. The normalized spacial score (nSPS) is 20.4.